The van der Waals surface area contributed by atoms with E-state index in [1.54, 1.807) is 12.1 Å². The summed E-state index contributed by atoms with van der Waals surface area (Å²) in [4.78, 5) is 30.4. The van der Waals surface area contributed by atoms with Crippen LogP contribution in [0.25, 0.3) is 21.9 Å². The topological polar surface area (TPSA) is 85.5 Å². The maximum Gasteiger partial charge on any atom is 0.306 e. The van der Waals surface area contributed by atoms with Gasteiger partial charge in [0, 0.05) is 41.9 Å². The molecule has 0 atom stereocenters. The van der Waals surface area contributed by atoms with Gasteiger partial charge >= 0.3 is 5.97 Å². The third kappa shape index (κ3) is 6.00. The Morgan fingerprint density at radius 1 is 1.06 bits per heavy atom. The minimum Gasteiger partial charge on any atom is -0.460 e. The number of benzene rings is 2. The summed E-state index contributed by atoms with van der Waals surface area (Å²) in [6.07, 6.45) is 6.27. The van der Waals surface area contributed by atoms with Gasteiger partial charge in [0.2, 0.25) is 5.91 Å². The van der Waals surface area contributed by atoms with Gasteiger partial charge in [-0.1, -0.05) is 24.3 Å². The fraction of sp³-hybridized carbons (Fsp3) is 0.393. The SMILES string of the molecule is CC(C)(C)OC(=O)CC1CCN(Cc2ccc3cncc(-c4ccc(C(N)=O)cc4)c3c2)CC1. The quantitative estimate of drug-likeness (QED) is 0.528. The Labute approximate surface area is 201 Å². The van der Waals surface area contributed by atoms with Crippen molar-refractivity contribution in [2.75, 3.05) is 13.1 Å². The number of aromatic nitrogens is 1. The Morgan fingerprint density at radius 3 is 2.41 bits per heavy atom. The summed E-state index contributed by atoms with van der Waals surface area (Å²) in [6.45, 7) is 8.56. The third-order valence-electron chi connectivity index (χ3n) is 6.29. The summed E-state index contributed by atoms with van der Waals surface area (Å²) in [6, 6.07) is 13.9. The Bertz CT molecular complexity index is 1170. The smallest absolute Gasteiger partial charge is 0.306 e. The highest BCUT2D eigenvalue weighted by Crippen LogP contribution is 2.30. The number of carbonyl (C=O) groups is 2. The summed E-state index contributed by atoms with van der Waals surface area (Å²) in [5.74, 6) is -0.131. The van der Waals surface area contributed by atoms with Crippen LogP contribution < -0.4 is 5.73 Å². The molecule has 0 saturated carbocycles. The van der Waals surface area contributed by atoms with Crippen LogP contribution in [0.5, 0.6) is 0 Å². The normalized spacial score (nSPS) is 15.4. The molecule has 6 heteroatoms. The molecule has 0 aliphatic carbocycles. The van der Waals surface area contributed by atoms with E-state index in [1.165, 1.54) is 5.56 Å². The lowest BCUT2D eigenvalue weighted by Gasteiger charge is -2.32. The molecule has 2 aromatic carbocycles. The Balaban J connectivity index is 1.43. The summed E-state index contributed by atoms with van der Waals surface area (Å²) in [7, 11) is 0. The van der Waals surface area contributed by atoms with E-state index in [0.717, 1.165) is 54.4 Å². The van der Waals surface area contributed by atoms with Crippen molar-refractivity contribution in [2.24, 2.45) is 11.7 Å². The molecule has 2 N–H and O–H groups in total. The van der Waals surface area contributed by atoms with Gasteiger partial charge in [0.05, 0.1) is 0 Å². The molecule has 34 heavy (non-hydrogen) atoms. The zero-order chi connectivity index (χ0) is 24.3. The number of esters is 1. The van der Waals surface area contributed by atoms with E-state index < -0.39 is 11.5 Å². The van der Waals surface area contributed by atoms with Gasteiger partial charge in [0.25, 0.3) is 0 Å². The highest BCUT2D eigenvalue weighted by atomic mass is 16.6. The van der Waals surface area contributed by atoms with E-state index in [-0.39, 0.29) is 5.97 Å². The molecule has 6 nitrogen and oxygen atoms in total. The van der Waals surface area contributed by atoms with Crippen molar-refractivity contribution in [2.45, 2.75) is 52.2 Å². The number of fused-ring (bicyclic) bond motifs is 1. The standard InChI is InChI=1S/C28H33N3O3/c1-28(2,3)34-26(32)15-19-10-12-31(13-11-19)18-20-4-5-23-16-30-17-25(24(23)14-20)21-6-8-22(9-7-21)27(29)33/h4-9,14,16-17,19H,10-13,15,18H2,1-3H3,(H2,29,33). The van der Waals surface area contributed by atoms with Crippen molar-refractivity contribution < 1.29 is 14.3 Å². The predicted molar refractivity (Wildman–Crippen MR) is 134 cm³/mol. The molecular formula is C28H33N3O3. The Hall–Kier alpha value is -3.25. The zero-order valence-electron chi connectivity index (χ0n) is 20.2. The average Bonchev–Trinajstić information content (AvgIpc) is 2.79. The fourth-order valence-electron chi connectivity index (χ4n) is 4.58. The van der Waals surface area contributed by atoms with Crippen molar-refractivity contribution in [3.63, 3.8) is 0 Å². The summed E-state index contributed by atoms with van der Waals surface area (Å²) in [5, 5.41) is 2.22. The molecule has 178 valence electrons. The van der Waals surface area contributed by atoms with E-state index in [2.05, 4.69) is 28.1 Å². The Kier molecular flexibility index (Phi) is 6.98. The summed E-state index contributed by atoms with van der Waals surface area (Å²) in [5.41, 5.74) is 8.73. The van der Waals surface area contributed by atoms with Crippen molar-refractivity contribution in [1.29, 1.82) is 0 Å². The second kappa shape index (κ2) is 9.94. The molecule has 1 aliphatic rings. The number of hydrogen-bond donors (Lipinski definition) is 1. The third-order valence-corrected chi connectivity index (χ3v) is 6.29. The van der Waals surface area contributed by atoms with Gasteiger partial charge in [-0.25, -0.2) is 0 Å². The monoisotopic (exact) mass is 459 g/mol. The van der Waals surface area contributed by atoms with Crippen LogP contribution in [-0.4, -0.2) is 40.5 Å². The first-order valence-electron chi connectivity index (χ1n) is 11.9. The van der Waals surface area contributed by atoms with Crippen LogP contribution in [0.1, 0.15) is 56.0 Å². The van der Waals surface area contributed by atoms with Crippen LogP contribution in [0.2, 0.25) is 0 Å². The summed E-state index contributed by atoms with van der Waals surface area (Å²) < 4.78 is 5.49. The van der Waals surface area contributed by atoms with Crippen molar-refractivity contribution in [3.05, 3.63) is 66.0 Å². The van der Waals surface area contributed by atoms with Gasteiger partial charge in [-0.2, -0.15) is 0 Å². The maximum absolute atomic E-state index is 12.2. The molecule has 1 aliphatic heterocycles. The fourth-order valence-corrected chi connectivity index (χ4v) is 4.58. The second-order valence-corrected chi connectivity index (χ2v) is 10.2. The van der Waals surface area contributed by atoms with E-state index in [4.69, 9.17) is 10.5 Å². The van der Waals surface area contributed by atoms with Gasteiger partial charge in [-0.15, -0.1) is 0 Å². The number of amides is 1. The first kappa shape index (κ1) is 23.9. The van der Waals surface area contributed by atoms with Crippen LogP contribution in [0, 0.1) is 5.92 Å². The maximum atomic E-state index is 12.2. The van der Waals surface area contributed by atoms with E-state index in [1.807, 2.05) is 45.3 Å². The van der Waals surface area contributed by atoms with Crippen LogP contribution in [0.3, 0.4) is 0 Å². The number of nitrogens with two attached hydrogens (primary N) is 1. The first-order valence-corrected chi connectivity index (χ1v) is 11.9. The van der Waals surface area contributed by atoms with E-state index in [9.17, 15) is 9.59 Å². The molecule has 2 heterocycles. The van der Waals surface area contributed by atoms with Gasteiger partial charge in [-0.3, -0.25) is 19.5 Å². The Morgan fingerprint density at radius 2 is 1.76 bits per heavy atom. The molecule has 0 unspecified atom stereocenters. The second-order valence-electron chi connectivity index (χ2n) is 10.2. The number of carbonyl (C=O) groups excluding carboxylic acids is 2. The average molecular weight is 460 g/mol. The minimum atomic E-state index is -0.431. The number of likely N-dealkylation sites (tertiary alicyclic amines) is 1. The van der Waals surface area contributed by atoms with Gasteiger partial charge < -0.3 is 10.5 Å². The molecule has 0 bridgehead atoms. The molecule has 1 aromatic heterocycles. The first-order chi connectivity index (χ1) is 16.2. The van der Waals surface area contributed by atoms with Crippen molar-refractivity contribution >= 4 is 22.6 Å². The van der Waals surface area contributed by atoms with Crippen LogP contribution >= 0.6 is 0 Å². The molecular weight excluding hydrogens is 426 g/mol. The molecule has 4 rings (SSSR count). The lowest BCUT2D eigenvalue weighted by Crippen LogP contribution is -2.34. The highest BCUT2D eigenvalue weighted by molar-refractivity contribution is 5.97. The molecule has 1 saturated heterocycles. The number of piperidine rings is 1. The largest absolute Gasteiger partial charge is 0.460 e. The van der Waals surface area contributed by atoms with Crippen molar-refractivity contribution in [1.82, 2.24) is 9.88 Å². The number of pyridine rings is 1. The summed E-state index contributed by atoms with van der Waals surface area (Å²) >= 11 is 0. The van der Waals surface area contributed by atoms with E-state index in [0.29, 0.717) is 17.9 Å². The van der Waals surface area contributed by atoms with E-state index >= 15 is 0 Å². The van der Waals surface area contributed by atoms with Crippen LogP contribution in [0.4, 0.5) is 0 Å². The molecule has 1 fully saturated rings. The molecule has 3 aromatic rings. The van der Waals surface area contributed by atoms with Gasteiger partial charge in [-0.05, 0) is 87.3 Å². The number of primary amides is 1. The van der Waals surface area contributed by atoms with Crippen LogP contribution in [-0.2, 0) is 16.1 Å². The number of nitrogens with zero attached hydrogens (tertiary/aromatic N) is 2. The lowest BCUT2D eigenvalue weighted by molar-refractivity contribution is -0.156. The molecule has 1 amide bonds. The lowest BCUT2D eigenvalue weighted by atomic mass is 9.93. The van der Waals surface area contributed by atoms with Gasteiger partial charge in [0.1, 0.15) is 5.60 Å². The predicted octanol–water partition coefficient (Wildman–Crippen LogP) is 4.94. The molecule has 0 radical (unpaired) electrons. The molecule has 0 spiro atoms. The number of hydrogen-bond acceptors (Lipinski definition) is 5. The number of rotatable bonds is 6. The highest BCUT2D eigenvalue weighted by Gasteiger charge is 2.24. The minimum absolute atomic E-state index is 0.0921. The number of ether oxygens (including phenoxy) is 1. The van der Waals surface area contributed by atoms with Gasteiger partial charge in [0.15, 0.2) is 0 Å². The van der Waals surface area contributed by atoms with Crippen molar-refractivity contribution in [3.8, 4) is 11.1 Å². The van der Waals surface area contributed by atoms with Crippen LogP contribution in [0.15, 0.2) is 54.9 Å². The zero-order valence-corrected chi connectivity index (χ0v) is 20.2.